The molecular formula is C15H14F3NO3S. The highest BCUT2D eigenvalue weighted by molar-refractivity contribution is 7.92. The third-order valence-electron chi connectivity index (χ3n) is 2.86. The Labute approximate surface area is 132 Å². The summed E-state index contributed by atoms with van der Waals surface area (Å²) in [5, 5.41) is 0. The fraction of sp³-hybridized carbons (Fsp3) is 0.200. The Balaban J connectivity index is 2.02. The zero-order valence-electron chi connectivity index (χ0n) is 11.9. The lowest BCUT2D eigenvalue weighted by Gasteiger charge is -2.14. The van der Waals surface area contributed by atoms with Crippen LogP contribution in [0.2, 0.25) is 0 Å². The highest BCUT2D eigenvalue weighted by Crippen LogP contribution is 2.34. The third-order valence-corrected chi connectivity index (χ3v) is 4.10. The van der Waals surface area contributed by atoms with Crippen molar-refractivity contribution < 1.29 is 26.3 Å². The molecule has 0 amide bonds. The van der Waals surface area contributed by atoms with Crippen LogP contribution in [0.4, 0.5) is 18.9 Å². The molecule has 124 valence electrons. The van der Waals surface area contributed by atoms with Gasteiger partial charge in [-0.05, 0) is 24.3 Å². The number of benzene rings is 2. The summed E-state index contributed by atoms with van der Waals surface area (Å²) >= 11 is 0. The Kier molecular flexibility index (Phi) is 5.15. The minimum Gasteiger partial charge on any atom is -0.492 e. The Morgan fingerprint density at radius 2 is 1.57 bits per heavy atom. The summed E-state index contributed by atoms with van der Waals surface area (Å²) in [5.74, 6) is 0.0204. The molecule has 0 radical (unpaired) electrons. The van der Waals surface area contributed by atoms with E-state index in [1.807, 2.05) is 4.72 Å². The van der Waals surface area contributed by atoms with Crippen LogP contribution in [-0.2, 0) is 16.2 Å². The number of alkyl halides is 3. The van der Waals surface area contributed by atoms with E-state index in [0.29, 0.717) is 5.75 Å². The maximum atomic E-state index is 12.8. The van der Waals surface area contributed by atoms with Gasteiger partial charge in [-0.1, -0.05) is 30.3 Å². The van der Waals surface area contributed by atoms with Crippen LogP contribution in [0, 0.1) is 0 Å². The van der Waals surface area contributed by atoms with E-state index in [1.54, 1.807) is 30.3 Å². The summed E-state index contributed by atoms with van der Waals surface area (Å²) in [4.78, 5) is 0. The van der Waals surface area contributed by atoms with Crippen molar-refractivity contribution in [3.8, 4) is 5.75 Å². The van der Waals surface area contributed by atoms with Crippen LogP contribution in [-0.4, -0.2) is 20.8 Å². The van der Waals surface area contributed by atoms with Gasteiger partial charge in [0, 0.05) is 0 Å². The van der Waals surface area contributed by atoms with E-state index >= 15 is 0 Å². The molecule has 0 bridgehead atoms. The summed E-state index contributed by atoms with van der Waals surface area (Å²) in [5.41, 5.74) is -1.53. The lowest BCUT2D eigenvalue weighted by Crippen LogP contribution is -2.23. The normalized spacial score (nSPS) is 12.0. The van der Waals surface area contributed by atoms with Crippen molar-refractivity contribution in [1.82, 2.24) is 0 Å². The van der Waals surface area contributed by atoms with E-state index in [1.165, 1.54) is 12.1 Å². The van der Waals surface area contributed by atoms with E-state index in [9.17, 15) is 21.6 Å². The molecule has 8 heteroatoms. The monoisotopic (exact) mass is 345 g/mol. The van der Waals surface area contributed by atoms with Gasteiger partial charge in [0.15, 0.2) is 0 Å². The lowest BCUT2D eigenvalue weighted by atomic mass is 10.2. The zero-order valence-corrected chi connectivity index (χ0v) is 12.7. The SMILES string of the molecule is O=S(=O)(CCOc1ccccc1)Nc1ccccc1C(F)(F)F. The summed E-state index contributed by atoms with van der Waals surface area (Å²) in [6.07, 6.45) is -4.64. The fourth-order valence-corrected chi connectivity index (χ4v) is 2.74. The number of rotatable bonds is 6. The Morgan fingerprint density at radius 1 is 0.957 bits per heavy atom. The maximum Gasteiger partial charge on any atom is 0.418 e. The highest BCUT2D eigenvalue weighted by Gasteiger charge is 2.34. The first kappa shape index (κ1) is 17.1. The molecule has 0 heterocycles. The number of hydrogen-bond donors (Lipinski definition) is 1. The predicted molar refractivity (Wildman–Crippen MR) is 80.8 cm³/mol. The molecule has 1 N–H and O–H groups in total. The molecule has 0 spiro atoms. The Morgan fingerprint density at radius 3 is 2.22 bits per heavy atom. The summed E-state index contributed by atoms with van der Waals surface area (Å²) in [7, 11) is -3.96. The molecule has 0 atom stereocenters. The van der Waals surface area contributed by atoms with Crippen molar-refractivity contribution in [2.75, 3.05) is 17.1 Å². The van der Waals surface area contributed by atoms with Gasteiger partial charge in [0.05, 0.1) is 11.3 Å². The lowest BCUT2D eigenvalue weighted by molar-refractivity contribution is -0.136. The van der Waals surface area contributed by atoms with Gasteiger partial charge in [-0.25, -0.2) is 8.42 Å². The standard InChI is InChI=1S/C15H14F3NO3S/c16-15(17,18)13-8-4-5-9-14(13)19-23(20,21)11-10-22-12-6-2-1-3-7-12/h1-9,19H,10-11H2. The molecule has 0 unspecified atom stereocenters. The number of anilines is 1. The van der Waals surface area contributed by atoms with Gasteiger partial charge < -0.3 is 4.74 Å². The second-order valence-electron chi connectivity index (χ2n) is 4.63. The van der Waals surface area contributed by atoms with Crippen LogP contribution < -0.4 is 9.46 Å². The Hall–Kier alpha value is -2.22. The molecule has 4 nitrogen and oxygen atoms in total. The van der Waals surface area contributed by atoms with Crippen LogP contribution in [0.3, 0.4) is 0 Å². The van der Waals surface area contributed by atoms with Gasteiger partial charge in [-0.2, -0.15) is 13.2 Å². The van der Waals surface area contributed by atoms with Crippen LogP contribution in [0.5, 0.6) is 5.75 Å². The molecule has 0 aromatic heterocycles. The number of hydrogen-bond acceptors (Lipinski definition) is 3. The summed E-state index contributed by atoms with van der Waals surface area (Å²) < 4.78 is 69.5. The van der Waals surface area contributed by atoms with Crippen molar-refractivity contribution >= 4 is 15.7 Å². The van der Waals surface area contributed by atoms with Gasteiger partial charge in [0.2, 0.25) is 10.0 Å². The maximum absolute atomic E-state index is 12.8. The molecule has 0 aliphatic carbocycles. The van der Waals surface area contributed by atoms with Crippen molar-refractivity contribution in [1.29, 1.82) is 0 Å². The number of para-hydroxylation sites is 2. The number of ether oxygens (including phenoxy) is 1. The topological polar surface area (TPSA) is 55.4 Å². The smallest absolute Gasteiger partial charge is 0.418 e. The summed E-state index contributed by atoms with van der Waals surface area (Å²) in [6.45, 7) is -0.173. The highest BCUT2D eigenvalue weighted by atomic mass is 32.2. The molecule has 0 aliphatic rings. The van der Waals surface area contributed by atoms with Crippen LogP contribution in [0.15, 0.2) is 54.6 Å². The van der Waals surface area contributed by atoms with Crippen molar-refractivity contribution in [2.45, 2.75) is 6.18 Å². The van der Waals surface area contributed by atoms with Gasteiger partial charge in [-0.15, -0.1) is 0 Å². The largest absolute Gasteiger partial charge is 0.492 e. The molecule has 23 heavy (non-hydrogen) atoms. The molecule has 0 saturated heterocycles. The van der Waals surface area contributed by atoms with Crippen LogP contribution in [0.1, 0.15) is 5.56 Å². The van der Waals surface area contributed by atoms with Crippen molar-refractivity contribution in [2.24, 2.45) is 0 Å². The first-order valence-electron chi connectivity index (χ1n) is 6.62. The summed E-state index contributed by atoms with van der Waals surface area (Å²) in [6, 6.07) is 12.9. The fourth-order valence-electron chi connectivity index (χ4n) is 1.82. The molecule has 0 aliphatic heterocycles. The van der Waals surface area contributed by atoms with Gasteiger partial charge in [0.1, 0.15) is 18.1 Å². The quantitative estimate of drug-likeness (QED) is 0.871. The van der Waals surface area contributed by atoms with E-state index < -0.39 is 33.2 Å². The number of halogens is 3. The second-order valence-corrected chi connectivity index (χ2v) is 6.47. The van der Waals surface area contributed by atoms with Crippen LogP contribution in [0.25, 0.3) is 0 Å². The number of nitrogens with one attached hydrogen (secondary N) is 1. The minimum absolute atomic E-state index is 0.173. The molecule has 0 saturated carbocycles. The second kappa shape index (κ2) is 6.91. The molecule has 0 fully saturated rings. The first-order valence-corrected chi connectivity index (χ1v) is 8.28. The van der Waals surface area contributed by atoms with E-state index in [0.717, 1.165) is 12.1 Å². The zero-order chi connectivity index (χ0) is 16.9. The predicted octanol–water partition coefficient (Wildman–Crippen LogP) is 3.53. The Bertz CT molecular complexity index is 746. The molecule has 2 aromatic carbocycles. The first-order chi connectivity index (χ1) is 10.8. The van der Waals surface area contributed by atoms with E-state index in [-0.39, 0.29) is 6.61 Å². The van der Waals surface area contributed by atoms with Crippen molar-refractivity contribution in [3.63, 3.8) is 0 Å². The average Bonchev–Trinajstić information content (AvgIpc) is 2.47. The molecule has 2 rings (SSSR count). The van der Waals surface area contributed by atoms with E-state index in [2.05, 4.69) is 0 Å². The number of sulfonamides is 1. The van der Waals surface area contributed by atoms with Gasteiger partial charge >= 0.3 is 6.18 Å². The molecular weight excluding hydrogens is 331 g/mol. The average molecular weight is 345 g/mol. The van der Waals surface area contributed by atoms with Crippen molar-refractivity contribution in [3.05, 3.63) is 60.2 Å². The molecule has 2 aromatic rings. The minimum atomic E-state index is -4.64. The van der Waals surface area contributed by atoms with E-state index in [4.69, 9.17) is 4.74 Å². The van der Waals surface area contributed by atoms with Crippen LogP contribution >= 0.6 is 0 Å². The van der Waals surface area contributed by atoms with Gasteiger partial charge in [0.25, 0.3) is 0 Å². The van der Waals surface area contributed by atoms with Gasteiger partial charge in [-0.3, -0.25) is 4.72 Å². The third kappa shape index (κ3) is 5.17.